The Kier molecular flexibility index (Phi) is 8.97. The smallest absolute Gasteiger partial charge is 0.243 e. The number of hydrogen-bond acceptors (Lipinski definition) is 2. The summed E-state index contributed by atoms with van der Waals surface area (Å²) in [6, 6.07) is 23.0. The number of carbonyl (C=O) groups excluding carboxylic acids is 2. The highest BCUT2D eigenvalue weighted by Crippen LogP contribution is 2.19. The van der Waals surface area contributed by atoms with Crippen LogP contribution in [0.2, 0.25) is 0 Å². The number of benzene rings is 3. The van der Waals surface area contributed by atoms with Crippen molar-refractivity contribution >= 4 is 11.8 Å². The van der Waals surface area contributed by atoms with E-state index in [0.29, 0.717) is 12.0 Å². The van der Waals surface area contributed by atoms with Gasteiger partial charge in [-0.25, -0.2) is 4.39 Å². The summed E-state index contributed by atoms with van der Waals surface area (Å²) in [4.78, 5) is 28.7. The Bertz CT molecular complexity index is 1100. The minimum absolute atomic E-state index is 0.0206. The van der Waals surface area contributed by atoms with Crippen LogP contribution in [0.1, 0.15) is 42.5 Å². The molecule has 0 radical (unpaired) electrons. The van der Waals surface area contributed by atoms with Crippen LogP contribution in [0, 0.1) is 12.7 Å². The van der Waals surface area contributed by atoms with Gasteiger partial charge in [0.25, 0.3) is 0 Å². The van der Waals surface area contributed by atoms with Crippen LogP contribution in [0.3, 0.4) is 0 Å². The molecule has 0 bridgehead atoms. The van der Waals surface area contributed by atoms with E-state index in [2.05, 4.69) is 5.32 Å². The van der Waals surface area contributed by atoms with Gasteiger partial charge in [-0.1, -0.05) is 79.7 Å². The van der Waals surface area contributed by atoms with E-state index < -0.39 is 11.9 Å². The van der Waals surface area contributed by atoms with Crippen molar-refractivity contribution in [2.45, 2.75) is 58.7 Å². The Morgan fingerprint density at radius 2 is 1.53 bits per heavy atom. The molecular weight excluding hydrogens is 427 g/mol. The normalized spacial score (nSPS) is 12.6. The van der Waals surface area contributed by atoms with Gasteiger partial charge in [-0.15, -0.1) is 0 Å². The van der Waals surface area contributed by atoms with Gasteiger partial charge in [0.05, 0.1) is 6.42 Å². The summed E-state index contributed by atoms with van der Waals surface area (Å²) in [6.07, 6.45) is 1.04. The van der Waals surface area contributed by atoms with E-state index in [1.165, 1.54) is 6.07 Å². The summed E-state index contributed by atoms with van der Waals surface area (Å²) in [5.41, 5.74) is 3.27. The third-order valence-corrected chi connectivity index (χ3v) is 6.17. The minimum Gasteiger partial charge on any atom is -0.352 e. The average molecular weight is 461 g/mol. The molecule has 3 aromatic carbocycles. The lowest BCUT2D eigenvalue weighted by Crippen LogP contribution is -2.52. The lowest BCUT2D eigenvalue weighted by molar-refractivity contribution is -0.141. The predicted octanol–water partition coefficient (Wildman–Crippen LogP) is 5.23. The van der Waals surface area contributed by atoms with Crippen molar-refractivity contribution in [2.24, 2.45) is 0 Å². The molecule has 0 aliphatic rings. The van der Waals surface area contributed by atoms with Crippen LogP contribution >= 0.6 is 0 Å². The fourth-order valence-corrected chi connectivity index (χ4v) is 3.87. The Balaban J connectivity index is 2.00. The molecule has 0 saturated heterocycles. The number of nitrogens with zero attached hydrogens (tertiary/aromatic N) is 1. The van der Waals surface area contributed by atoms with Crippen LogP contribution in [0.4, 0.5) is 4.39 Å². The Morgan fingerprint density at radius 3 is 2.18 bits per heavy atom. The predicted molar refractivity (Wildman–Crippen MR) is 134 cm³/mol. The first-order valence-electron chi connectivity index (χ1n) is 11.8. The quantitative estimate of drug-likeness (QED) is 0.450. The molecular formula is C29H33FN2O2. The molecule has 1 N–H and O–H groups in total. The van der Waals surface area contributed by atoms with E-state index in [1.807, 2.05) is 75.4 Å². The number of carbonyl (C=O) groups is 2. The van der Waals surface area contributed by atoms with E-state index in [-0.39, 0.29) is 30.8 Å². The second kappa shape index (κ2) is 12.1. The number of amides is 2. The fraction of sp³-hybridized carbons (Fsp3) is 0.310. The zero-order valence-electron chi connectivity index (χ0n) is 20.1. The van der Waals surface area contributed by atoms with Crippen molar-refractivity contribution in [3.05, 3.63) is 107 Å². The van der Waals surface area contributed by atoms with Gasteiger partial charge in [-0.05, 0) is 48.6 Å². The van der Waals surface area contributed by atoms with E-state index in [0.717, 1.165) is 23.1 Å². The van der Waals surface area contributed by atoms with Gasteiger partial charge in [-0.2, -0.15) is 0 Å². The molecule has 0 aromatic heterocycles. The van der Waals surface area contributed by atoms with Crippen molar-refractivity contribution in [3.8, 4) is 0 Å². The van der Waals surface area contributed by atoms with Gasteiger partial charge < -0.3 is 10.2 Å². The van der Waals surface area contributed by atoms with Gasteiger partial charge in [-0.3, -0.25) is 9.59 Å². The monoisotopic (exact) mass is 460 g/mol. The summed E-state index contributed by atoms with van der Waals surface area (Å²) in [5.74, 6) is -0.905. The lowest BCUT2D eigenvalue weighted by atomic mass is 10.00. The lowest BCUT2D eigenvalue weighted by Gasteiger charge is -2.33. The SMILES string of the molecule is CC[C@@H](C)NC(=O)[C@H](Cc1ccccc1)N(Cc1ccccc1C)C(=O)Cc1ccccc1F. The van der Waals surface area contributed by atoms with Crippen LogP contribution in [0.15, 0.2) is 78.9 Å². The Hall–Kier alpha value is -3.47. The summed E-state index contributed by atoms with van der Waals surface area (Å²) >= 11 is 0. The molecule has 0 aliphatic heterocycles. The second-order valence-electron chi connectivity index (χ2n) is 8.74. The van der Waals surface area contributed by atoms with Gasteiger partial charge in [0.1, 0.15) is 11.9 Å². The topological polar surface area (TPSA) is 49.4 Å². The van der Waals surface area contributed by atoms with Crippen molar-refractivity contribution in [2.75, 3.05) is 0 Å². The summed E-state index contributed by atoms with van der Waals surface area (Å²) in [7, 11) is 0. The third-order valence-electron chi connectivity index (χ3n) is 6.17. The molecule has 2 atom stereocenters. The molecule has 0 unspecified atom stereocenters. The minimum atomic E-state index is -0.727. The molecule has 5 heteroatoms. The van der Waals surface area contributed by atoms with E-state index >= 15 is 0 Å². The van der Waals surface area contributed by atoms with Crippen molar-refractivity contribution in [1.29, 1.82) is 0 Å². The van der Waals surface area contributed by atoms with Crippen LogP contribution in [0.5, 0.6) is 0 Å². The highest BCUT2D eigenvalue weighted by molar-refractivity contribution is 5.89. The van der Waals surface area contributed by atoms with Gasteiger partial charge in [0.15, 0.2) is 0 Å². The number of aryl methyl sites for hydroxylation is 1. The first kappa shape index (κ1) is 25.2. The maximum atomic E-state index is 14.4. The average Bonchev–Trinajstić information content (AvgIpc) is 2.84. The maximum Gasteiger partial charge on any atom is 0.243 e. The molecule has 0 aliphatic carbocycles. The van der Waals surface area contributed by atoms with Crippen molar-refractivity contribution in [1.82, 2.24) is 10.2 Å². The number of halogens is 1. The molecule has 0 spiro atoms. The Morgan fingerprint density at radius 1 is 0.912 bits per heavy atom. The first-order chi connectivity index (χ1) is 16.4. The summed E-state index contributed by atoms with van der Waals surface area (Å²) in [6.45, 7) is 6.21. The van der Waals surface area contributed by atoms with Crippen molar-refractivity contribution < 1.29 is 14.0 Å². The van der Waals surface area contributed by atoms with Crippen LogP contribution < -0.4 is 5.32 Å². The third kappa shape index (κ3) is 6.77. The highest BCUT2D eigenvalue weighted by atomic mass is 19.1. The zero-order chi connectivity index (χ0) is 24.5. The Labute approximate surface area is 201 Å². The zero-order valence-corrected chi connectivity index (χ0v) is 20.1. The fourth-order valence-electron chi connectivity index (χ4n) is 3.87. The van der Waals surface area contributed by atoms with Gasteiger partial charge in [0.2, 0.25) is 11.8 Å². The molecule has 3 aromatic rings. The van der Waals surface area contributed by atoms with E-state index in [4.69, 9.17) is 0 Å². The maximum absolute atomic E-state index is 14.4. The standard InChI is InChI=1S/C29H33FN2O2/c1-4-22(3)31-29(34)27(18-23-13-6-5-7-14-23)32(20-25-16-9-8-12-21(25)2)28(33)19-24-15-10-11-17-26(24)30/h5-17,22,27H,4,18-20H2,1-3H3,(H,31,34)/t22-,27+/m1/s1. The first-order valence-corrected chi connectivity index (χ1v) is 11.8. The van der Waals surface area contributed by atoms with Gasteiger partial charge >= 0.3 is 0 Å². The van der Waals surface area contributed by atoms with Crippen LogP contribution in [0.25, 0.3) is 0 Å². The van der Waals surface area contributed by atoms with Crippen LogP contribution in [-0.2, 0) is 29.0 Å². The summed E-state index contributed by atoms with van der Waals surface area (Å²) < 4.78 is 14.4. The largest absolute Gasteiger partial charge is 0.352 e. The highest BCUT2D eigenvalue weighted by Gasteiger charge is 2.31. The van der Waals surface area contributed by atoms with Gasteiger partial charge in [0, 0.05) is 19.0 Å². The summed E-state index contributed by atoms with van der Waals surface area (Å²) in [5, 5.41) is 3.05. The number of rotatable bonds is 10. The number of hydrogen-bond donors (Lipinski definition) is 1. The molecule has 0 fully saturated rings. The van der Waals surface area contributed by atoms with Crippen molar-refractivity contribution in [3.63, 3.8) is 0 Å². The molecule has 4 nitrogen and oxygen atoms in total. The number of nitrogens with one attached hydrogen (secondary N) is 1. The molecule has 0 saturated carbocycles. The molecule has 178 valence electrons. The second-order valence-corrected chi connectivity index (χ2v) is 8.74. The molecule has 3 rings (SSSR count). The molecule has 34 heavy (non-hydrogen) atoms. The molecule has 0 heterocycles. The van der Waals surface area contributed by atoms with E-state index in [9.17, 15) is 14.0 Å². The van der Waals surface area contributed by atoms with Crippen LogP contribution in [-0.4, -0.2) is 28.8 Å². The molecule has 2 amide bonds. The van der Waals surface area contributed by atoms with E-state index in [1.54, 1.807) is 23.1 Å².